The summed E-state index contributed by atoms with van der Waals surface area (Å²) in [5, 5.41) is 2.82. The van der Waals surface area contributed by atoms with E-state index in [0.29, 0.717) is 18.5 Å². The molecule has 7 nitrogen and oxygen atoms in total. The van der Waals surface area contributed by atoms with Crippen molar-refractivity contribution < 1.29 is 22.4 Å². The number of nitrogens with zero attached hydrogens (tertiary/aromatic N) is 1. The van der Waals surface area contributed by atoms with Crippen LogP contribution in [0.4, 0.5) is 15.8 Å². The van der Waals surface area contributed by atoms with Crippen LogP contribution in [0.15, 0.2) is 71.6 Å². The van der Waals surface area contributed by atoms with Crippen molar-refractivity contribution in [1.29, 1.82) is 0 Å². The minimum atomic E-state index is -3.89. The summed E-state index contributed by atoms with van der Waals surface area (Å²) in [5.74, 6) is -0.658. The lowest BCUT2D eigenvalue weighted by Gasteiger charge is -2.16. The lowest BCUT2D eigenvalue weighted by Crippen LogP contribution is -2.24. The Labute approximate surface area is 197 Å². The van der Waals surface area contributed by atoms with E-state index in [4.69, 9.17) is 0 Å². The molecular weight excluding hydrogens is 457 g/mol. The lowest BCUT2D eigenvalue weighted by molar-refractivity contribution is -0.117. The van der Waals surface area contributed by atoms with Gasteiger partial charge in [-0.25, -0.2) is 12.8 Å². The molecule has 1 saturated heterocycles. The number of carbonyl (C=O) groups is 2. The quantitative estimate of drug-likeness (QED) is 0.533. The second-order valence-electron chi connectivity index (χ2n) is 8.09. The highest BCUT2D eigenvalue weighted by Gasteiger charge is 2.21. The molecule has 0 unspecified atom stereocenters. The molecule has 0 radical (unpaired) electrons. The number of rotatable bonds is 7. The molecule has 4 rings (SSSR count). The fourth-order valence-electron chi connectivity index (χ4n) is 3.69. The number of anilines is 2. The monoisotopic (exact) mass is 481 g/mol. The topological polar surface area (TPSA) is 95.6 Å². The van der Waals surface area contributed by atoms with Crippen molar-refractivity contribution >= 4 is 33.2 Å². The highest BCUT2D eigenvalue weighted by Crippen LogP contribution is 2.22. The molecular formula is C25H24FN3O4S. The Morgan fingerprint density at radius 2 is 1.74 bits per heavy atom. The van der Waals surface area contributed by atoms with Crippen molar-refractivity contribution in [2.45, 2.75) is 31.2 Å². The van der Waals surface area contributed by atoms with Gasteiger partial charge in [-0.2, -0.15) is 0 Å². The first kappa shape index (κ1) is 23.4. The molecule has 34 heavy (non-hydrogen) atoms. The van der Waals surface area contributed by atoms with E-state index in [-0.39, 0.29) is 28.0 Å². The summed E-state index contributed by atoms with van der Waals surface area (Å²) < 4.78 is 40.9. The maximum absolute atomic E-state index is 13.4. The normalized spacial score (nSPS) is 13.7. The number of aryl methyl sites for hydroxylation is 1. The molecule has 3 aromatic carbocycles. The zero-order valence-electron chi connectivity index (χ0n) is 18.5. The molecule has 2 N–H and O–H groups in total. The van der Waals surface area contributed by atoms with E-state index in [1.165, 1.54) is 43.3 Å². The molecule has 0 spiro atoms. The molecule has 0 aliphatic carbocycles. The zero-order chi connectivity index (χ0) is 24.3. The molecule has 0 bridgehead atoms. The summed E-state index contributed by atoms with van der Waals surface area (Å²) in [6, 6.07) is 17.1. The third-order valence-corrected chi connectivity index (χ3v) is 6.99. The average Bonchev–Trinajstić information content (AvgIpc) is 3.25. The number of hydrogen-bond acceptors (Lipinski definition) is 4. The number of halogens is 1. The van der Waals surface area contributed by atoms with Crippen molar-refractivity contribution in [2.24, 2.45) is 0 Å². The molecule has 1 aliphatic heterocycles. The average molecular weight is 482 g/mol. The van der Waals surface area contributed by atoms with Gasteiger partial charge in [-0.15, -0.1) is 0 Å². The highest BCUT2D eigenvalue weighted by atomic mass is 32.2. The van der Waals surface area contributed by atoms with Crippen LogP contribution in [-0.4, -0.2) is 26.8 Å². The fourth-order valence-corrected chi connectivity index (χ4v) is 4.83. The molecule has 9 heteroatoms. The van der Waals surface area contributed by atoms with Crippen molar-refractivity contribution in [1.82, 2.24) is 5.32 Å². The van der Waals surface area contributed by atoms with E-state index < -0.39 is 15.8 Å². The number of hydrogen-bond donors (Lipinski definition) is 2. The minimum absolute atomic E-state index is 0.0478. The van der Waals surface area contributed by atoms with Gasteiger partial charge in [-0.3, -0.25) is 14.3 Å². The van der Waals surface area contributed by atoms with Crippen LogP contribution in [0.5, 0.6) is 0 Å². The summed E-state index contributed by atoms with van der Waals surface area (Å²) in [6.45, 7) is 2.53. The summed E-state index contributed by atoms with van der Waals surface area (Å²) in [6.07, 6.45) is 1.44. The summed E-state index contributed by atoms with van der Waals surface area (Å²) in [7, 11) is -3.89. The van der Waals surface area contributed by atoms with Gasteiger partial charge in [0.25, 0.3) is 15.9 Å². The Balaban J connectivity index is 1.34. The first-order chi connectivity index (χ1) is 16.2. The van der Waals surface area contributed by atoms with E-state index in [1.807, 2.05) is 24.3 Å². The van der Waals surface area contributed by atoms with Gasteiger partial charge in [0.1, 0.15) is 5.82 Å². The largest absolute Gasteiger partial charge is 0.348 e. The highest BCUT2D eigenvalue weighted by molar-refractivity contribution is 7.92. The van der Waals surface area contributed by atoms with Crippen molar-refractivity contribution in [3.8, 4) is 0 Å². The molecule has 1 aliphatic rings. The Hall–Kier alpha value is -3.72. The molecule has 0 saturated carbocycles. The minimum Gasteiger partial charge on any atom is -0.348 e. The molecule has 0 aromatic heterocycles. The molecule has 1 fully saturated rings. The van der Waals surface area contributed by atoms with E-state index >= 15 is 0 Å². The van der Waals surface area contributed by atoms with Gasteiger partial charge in [0, 0.05) is 36.4 Å². The predicted molar refractivity (Wildman–Crippen MR) is 128 cm³/mol. The van der Waals surface area contributed by atoms with E-state index in [1.54, 1.807) is 4.90 Å². The number of sulfonamides is 1. The number of benzene rings is 3. The van der Waals surface area contributed by atoms with Gasteiger partial charge < -0.3 is 10.2 Å². The standard InChI is InChI=1S/C25H24FN3O4S/c1-17-15-22(12-13-23(17)26)34(32,33)28-20-8-6-19(7-9-20)25(31)27-16-18-4-10-21(11-5-18)29-14-2-3-24(29)30/h4-13,15,28H,2-3,14,16H2,1H3,(H,27,31). The van der Waals surface area contributed by atoms with Crippen molar-refractivity contribution in [2.75, 3.05) is 16.2 Å². The van der Waals surface area contributed by atoms with Gasteiger partial charge in [-0.1, -0.05) is 12.1 Å². The zero-order valence-corrected chi connectivity index (χ0v) is 19.4. The maximum Gasteiger partial charge on any atom is 0.261 e. The number of amides is 2. The number of carbonyl (C=O) groups excluding carboxylic acids is 2. The smallest absolute Gasteiger partial charge is 0.261 e. The van der Waals surface area contributed by atoms with Crippen LogP contribution in [0.25, 0.3) is 0 Å². The molecule has 0 atom stereocenters. The first-order valence-corrected chi connectivity index (χ1v) is 12.3. The van der Waals surface area contributed by atoms with Gasteiger partial charge in [0.05, 0.1) is 4.90 Å². The number of nitrogens with one attached hydrogen (secondary N) is 2. The van der Waals surface area contributed by atoms with Crippen LogP contribution in [0, 0.1) is 12.7 Å². The predicted octanol–water partition coefficient (Wildman–Crippen LogP) is 3.99. The second kappa shape index (κ2) is 9.64. The van der Waals surface area contributed by atoms with Gasteiger partial charge in [-0.05, 0) is 79.1 Å². The van der Waals surface area contributed by atoms with Gasteiger partial charge >= 0.3 is 0 Å². The van der Waals surface area contributed by atoms with Gasteiger partial charge in [0.15, 0.2) is 0 Å². The van der Waals surface area contributed by atoms with Crippen LogP contribution in [-0.2, 0) is 21.4 Å². The Morgan fingerprint density at radius 3 is 2.35 bits per heavy atom. The molecule has 2 amide bonds. The van der Waals surface area contributed by atoms with Crippen molar-refractivity contribution in [3.05, 3.63) is 89.2 Å². The van der Waals surface area contributed by atoms with E-state index in [0.717, 1.165) is 30.3 Å². The lowest BCUT2D eigenvalue weighted by atomic mass is 10.1. The second-order valence-corrected chi connectivity index (χ2v) is 9.77. The maximum atomic E-state index is 13.4. The third-order valence-electron chi connectivity index (χ3n) is 5.61. The van der Waals surface area contributed by atoms with E-state index in [9.17, 15) is 22.4 Å². The molecule has 1 heterocycles. The van der Waals surface area contributed by atoms with Crippen molar-refractivity contribution in [3.63, 3.8) is 0 Å². The van der Waals surface area contributed by atoms with Crippen LogP contribution >= 0.6 is 0 Å². The first-order valence-electron chi connectivity index (χ1n) is 10.8. The van der Waals surface area contributed by atoms with Crippen LogP contribution in [0.2, 0.25) is 0 Å². The Morgan fingerprint density at radius 1 is 1.03 bits per heavy atom. The Kier molecular flexibility index (Phi) is 6.65. The summed E-state index contributed by atoms with van der Waals surface area (Å²) >= 11 is 0. The molecule has 176 valence electrons. The van der Waals surface area contributed by atoms with Crippen LogP contribution in [0.1, 0.15) is 34.3 Å². The summed E-state index contributed by atoms with van der Waals surface area (Å²) in [4.78, 5) is 26.0. The SMILES string of the molecule is Cc1cc(S(=O)(=O)Nc2ccc(C(=O)NCc3ccc(N4CCCC4=O)cc3)cc2)ccc1F. The summed E-state index contributed by atoms with van der Waals surface area (Å²) in [5.41, 5.74) is 2.63. The van der Waals surface area contributed by atoms with Gasteiger partial charge in [0.2, 0.25) is 5.91 Å². The van der Waals surface area contributed by atoms with E-state index in [2.05, 4.69) is 10.0 Å². The fraction of sp³-hybridized carbons (Fsp3) is 0.200. The third kappa shape index (κ3) is 5.26. The van der Waals surface area contributed by atoms with Crippen LogP contribution in [0.3, 0.4) is 0 Å². The van der Waals surface area contributed by atoms with Crippen LogP contribution < -0.4 is 14.9 Å². The molecule has 3 aromatic rings. The Bertz CT molecular complexity index is 1320.